The Hall–Kier alpha value is -2.37. The minimum atomic E-state index is -4.02. The number of nitriles is 1. The first kappa shape index (κ1) is 15.0. The molecule has 1 heterocycles. The number of aromatic nitrogens is 1. The largest absolute Gasteiger partial charge is 0.244 e. The lowest BCUT2D eigenvalue weighted by molar-refractivity contribution is 0.562. The van der Waals surface area contributed by atoms with Crippen molar-refractivity contribution in [1.82, 2.24) is 9.71 Å². The van der Waals surface area contributed by atoms with Crippen molar-refractivity contribution in [2.75, 3.05) is 0 Å². The van der Waals surface area contributed by atoms with E-state index < -0.39 is 21.7 Å². The summed E-state index contributed by atoms with van der Waals surface area (Å²) in [6, 6.07) is 7.08. The molecule has 0 unspecified atom stereocenters. The molecule has 1 aromatic carbocycles. The highest BCUT2D eigenvalue weighted by Gasteiger charge is 2.19. The fourth-order valence-electron chi connectivity index (χ4n) is 1.61. The molecule has 0 atom stereocenters. The van der Waals surface area contributed by atoms with E-state index in [1.165, 1.54) is 18.3 Å². The van der Waals surface area contributed by atoms with Crippen LogP contribution in [0.5, 0.6) is 0 Å². The molecule has 0 radical (unpaired) electrons. The van der Waals surface area contributed by atoms with E-state index in [1.807, 2.05) is 0 Å². The number of pyridine rings is 1. The molecule has 21 heavy (non-hydrogen) atoms. The maximum absolute atomic E-state index is 13.4. The monoisotopic (exact) mass is 309 g/mol. The number of benzene rings is 1. The highest BCUT2D eigenvalue weighted by atomic mass is 32.2. The molecule has 108 valence electrons. The average molecular weight is 309 g/mol. The Labute approximate surface area is 119 Å². The van der Waals surface area contributed by atoms with Crippen LogP contribution in [0, 0.1) is 23.0 Å². The molecular weight excluding hydrogens is 300 g/mol. The van der Waals surface area contributed by atoms with Gasteiger partial charge in [0.25, 0.3) is 0 Å². The predicted molar refractivity (Wildman–Crippen MR) is 69.3 cm³/mol. The summed E-state index contributed by atoms with van der Waals surface area (Å²) in [5, 5.41) is 8.84. The van der Waals surface area contributed by atoms with Crippen molar-refractivity contribution < 1.29 is 17.2 Å². The lowest BCUT2D eigenvalue weighted by atomic mass is 10.2. The molecule has 2 aromatic rings. The smallest absolute Gasteiger partial charge is 0.243 e. The van der Waals surface area contributed by atoms with Gasteiger partial charge in [-0.1, -0.05) is 6.07 Å². The molecule has 5 nitrogen and oxygen atoms in total. The van der Waals surface area contributed by atoms with Gasteiger partial charge in [0.1, 0.15) is 22.6 Å². The van der Waals surface area contributed by atoms with Crippen molar-refractivity contribution in [1.29, 1.82) is 5.26 Å². The van der Waals surface area contributed by atoms with Crippen LogP contribution in [-0.4, -0.2) is 13.4 Å². The van der Waals surface area contributed by atoms with Crippen LogP contribution in [0.25, 0.3) is 0 Å². The van der Waals surface area contributed by atoms with E-state index in [0.717, 1.165) is 12.1 Å². The van der Waals surface area contributed by atoms with E-state index in [9.17, 15) is 17.2 Å². The third-order valence-electron chi connectivity index (χ3n) is 2.63. The average Bonchev–Trinajstić information content (AvgIpc) is 2.46. The second-order valence-corrected chi connectivity index (χ2v) is 5.76. The van der Waals surface area contributed by atoms with E-state index in [0.29, 0.717) is 6.07 Å². The van der Waals surface area contributed by atoms with Crippen LogP contribution in [0.4, 0.5) is 8.78 Å². The van der Waals surface area contributed by atoms with Gasteiger partial charge >= 0.3 is 0 Å². The maximum Gasteiger partial charge on any atom is 0.243 e. The van der Waals surface area contributed by atoms with Crippen molar-refractivity contribution in [3.63, 3.8) is 0 Å². The Morgan fingerprint density at radius 2 is 2.05 bits per heavy atom. The number of nitrogens with one attached hydrogen (secondary N) is 1. The predicted octanol–water partition coefficient (Wildman–Crippen LogP) is 1.71. The lowest BCUT2D eigenvalue weighted by Crippen LogP contribution is -2.24. The zero-order valence-corrected chi connectivity index (χ0v) is 11.4. The van der Waals surface area contributed by atoms with Crippen LogP contribution in [0.15, 0.2) is 41.4 Å². The van der Waals surface area contributed by atoms with E-state index in [-0.39, 0.29) is 22.7 Å². The molecule has 0 fully saturated rings. The first-order valence-corrected chi connectivity index (χ1v) is 7.21. The molecular formula is C13H9F2N3O2S. The van der Waals surface area contributed by atoms with E-state index in [2.05, 4.69) is 9.71 Å². The van der Waals surface area contributed by atoms with Crippen LogP contribution in [0.1, 0.15) is 11.3 Å². The highest BCUT2D eigenvalue weighted by Crippen LogP contribution is 2.14. The molecule has 0 amide bonds. The molecule has 1 aromatic heterocycles. The van der Waals surface area contributed by atoms with Crippen molar-refractivity contribution in [3.8, 4) is 6.07 Å². The third kappa shape index (κ3) is 3.39. The second-order valence-electron chi connectivity index (χ2n) is 4.02. The number of rotatable bonds is 4. The second kappa shape index (κ2) is 5.95. The van der Waals surface area contributed by atoms with Crippen molar-refractivity contribution in [3.05, 3.63) is 59.4 Å². The summed E-state index contributed by atoms with van der Waals surface area (Å²) in [7, 11) is -4.02. The summed E-state index contributed by atoms with van der Waals surface area (Å²) in [4.78, 5) is 3.35. The minimum Gasteiger partial charge on any atom is -0.244 e. The molecule has 0 aliphatic heterocycles. The summed E-state index contributed by atoms with van der Waals surface area (Å²) in [6.07, 6.45) is 1.29. The molecule has 2 rings (SSSR count). The molecule has 0 saturated carbocycles. The third-order valence-corrected chi connectivity index (χ3v) is 4.07. The van der Waals surface area contributed by atoms with Gasteiger partial charge in [0.2, 0.25) is 10.0 Å². The van der Waals surface area contributed by atoms with Gasteiger partial charge < -0.3 is 0 Å². The molecule has 0 saturated heterocycles. The summed E-state index contributed by atoms with van der Waals surface area (Å²) in [5.41, 5.74) is -0.271. The van der Waals surface area contributed by atoms with Gasteiger partial charge in [-0.2, -0.15) is 5.26 Å². The standard InChI is InChI=1S/C13H9F2N3O2S/c14-10-4-3-9(11(15)6-10)8-18-21(19,20)13-2-1-5-17-12(13)7-16/h1-6,18H,8H2. The molecule has 0 aliphatic carbocycles. The zero-order valence-electron chi connectivity index (χ0n) is 10.5. The first-order valence-electron chi connectivity index (χ1n) is 5.73. The molecule has 1 N–H and O–H groups in total. The summed E-state index contributed by atoms with van der Waals surface area (Å²) >= 11 is 0. The Morgan fingerprint density at radius 1 is 1.29 bits per heavy atom. The minimum absolute atomic E-state index is 0.0117. The first-order chi connectivity index (χ1) is 9.94. The van der Waals surface area contributed by atoms with Crippen molar-refractivity contribution in [2.45, 2.75) is 11.4 Å². The van der Waals surface area contributed by atoms with Gasteiger partial charge in [-0.25, -0.2) is 26.9 Å². The number of hydrogen-bond acceptors (Lipinski definition) is 4. The van der Waals surface area contributed by atoms with E-state index >= 15 is 0 Å². The van der Waals surface area contributed by atoms with Crippen LogP contribution in [-0.2, 0) is 16.6 Å². The molecule has 0 spiro atoms. The van der Waals surface area contributed by atoms with Crippen molar-refractivity contribution in [2.24, 2.45) is 0 Å². The van der Waals surface area contributed by atoms with E-state index in [1.54, 1.807) is 6.07 Å². The fourth-order valence-corrected chi connectivity index (χ4v) is 2.72. The topological polar surface area (TPSA) is 82.8 Å². The Kier molecular flexibility index (Phi) is 4.26. The van der Waals surface area contributed by atoms with Gasteiger partial charge in [-0.05, 0) is 18.2 Å². The van der Waals surface area contributed by atoms with E-state index in [4.69, 9.17) is 5.26 Å². The normalized spacial score (nSPS) is 11.1. The summed E-state index contributed by atoms with van der Waals surface area (Å²) in [6.45, 7) is -0.367. The van der Waals surface area contributed by atoms with Crippen LogP contribution in [0.3, 0.4) is 0 Å². The molecule has 0 aliphatic rings. The maximum atomic E-state index is 13.4. The zero-order chi connectivity index (χ0) is 15.5. The highest BCUT2D eigenvalue weighted by molar-refractivity contribution is 7.89. The number of sulfonamides is 1. The molecule has 8 heteroatoms. The van der Waals surface area contributed by atoms with Crippen LogP contribution >= 0.6 is 0 Å². The van der Waals surface area contributed by atoms with Crippen LogP contribution in [0.2, 0.25) is 0 Å². The van der Waals surface area contributed by atoms with Gasteiger partial charge in [0.15, 0.2) is 5.69 Å². The lowest BCUT2D eigenvalue weighted by Gasteiger charge is -2.08. The SMILES string of the molecule is N#Cc1ncccc1S(=O)(=O)NCc1ccc(F)cc1F. The Balaban J connectivity index is 2.24. The quantitative estimate of drug-likeness (QED) is 0.932. The van der Waals surface area contributed by atoms with Gasteiger partial charge in [0, 0.05) is 24.4 Å². The Bertz CT molecular complexity index is 816. The fraction of sp³-hybridized carbons (Fsp3) is 0.0769. The van der Waals surface area contributed by atoms with Gasteiger partial charge in [0.05, 0.1) is 0 Å². The number of halogens is 2. The summed E-state index contributed by atoms with van der Waals surface area (Å²) in [5.74, 6) is -1.61. The Morgan fingerprint density at radius 3 is 2.71 bits per heavy atom. The molecule has 0 bridgehead atoms. The number of hydrogen-bond donors (Lipinski definition) is 1. The van der Waals surface area contributed by atoms with Gasteiger partial charge in [-0.15, -0.1) is 0 Å². The summed E-state index contributed by atoms with van der Waals surface area (Å²) < 4.78 is 52.5. The van der Waals surface area contributed by atoms with Crippen LogP contribution < -0.4 is 4.72 Å². The number of nitrogens with zero attached hydrogens (tertiary/aromatic N) is 2. The van der Waals surface area contributed by atoms with Crippen molar-refractivity contribution >= 4 is 10.0 Å². The van der Waals surface area contributed by atoms with Gasteiger partial charge in [-0.3, -0.25) is 0 Å².